The van der Waals surface area contributed by atoms with Gasteiger partial charge in [-0.25, -0.2) is 0 Å². The van der Waals surface area contributed by atoms with Gasteiger partial charge in [0, 0.05) is 5.92 Å². The minimum atomic E-state index is -0.392. The summed E-state index contributed by atoms with van der Waals surface area (Å²) in [4.78, 5) is 0. The maximum Gasteiger partial charge on any atom is 0.0739 e. The van der Waals surface area contributed by atoms with E-state index in [9.17, 15) is 5.11 Å². The number of hydrogen-bond donors (Lipinski definition) is 1. The molecule has 58 valence electrons. The summed E-state index contributed by atoms with van der Waals surface area (Å²) in [6.07, 6.45) is 3.90. The van der Waals surface area contributed by atoms with Gasteiger partial charge < -0.3 is 5.11 Å². The van der Waals surface area contributed by atoms with Crippen LogP contribution >= 0.6 is 0 Å². The third-order valence-corrected chi connectivity index (χ3v) is 2.76. The van der Waals surface area contributed by atoms with Gasteiger partial charge in [0.1, 0.15) is 0 Å². The molecule has 0 saturated heterocycles. The number of aliphatic hydroxyl groups is 1. The van der Waals surface area contributed by atoms with Crippen molar-refractivity contribution in [1.82, 2.24) is 0 Å². The van der Waals surface area contributed by atoms with Crippen molar-refractivity contribution in [2.45, 2.75) is 32.3 Å². The zero-order chi connectivity index (χ0) is 7.78. The average Bonchev–Trinajstić information content (AvgIpc) is 2.61. The Balaban J connectivity index is 2.49. The first kappa shape index (κ1) is 7.80. The maximum absolute atomic E-state index is 9.79. The average molecular weight is 140 g/mol. The van der Waals surface area contributed by atoms with Gasteiger partial charge in [-0.3, -0.25) is 0 Å². The third-order valence-electron chi connectivity index (χ3n) is 2.76. The first-order chi connectivity index (χ1) is 4.65. The highest BCUT2D eigenvalue weighted by molar-refractivity contribution is 5.09. The second-order valence-corrected chi connectivity index (χ2v) is 3.32. The van der Waals surface area contributed by atoms with E-state index in [2.05, 4.69) is 13.5 Å². The predicted octanol–water partition coefficient (Wildman–Crippen LogP) is 1.97. The minimum absolute atomic E-state index is 0.262. The van der Waals surface area contributed by atoms with Gasteiger partial charge in [-0.1, -0.05) is 26.3 Å². The van der Waals surface area contributed by atoms with Crippen LogP contribution in [0.5, 0.6) is 0 Å². The zero-order valence-electron chi connectivity index (χ0n) is 6.80. The van der Waals surface area contributed by atoms with Gasteiger partial charge >= 0.3 is 0 Å². The van der Waals surface area contributed by atoms with Crippen LogP contribution in [0.2, 0.25) is 0 Å². The fourth-order valence-electron chi connectivity index (χ4n) is 1.60. The van der Waals surface area contributed by atoms with Crippen LogP contribution in [0.25, 0.3) is 0 Å². The van der Waals surface area contributed by atoms with Crippen molar-refractivity contribution in [2.24, 2.45) is 11.8 Å². The summed E-state index contributed by atoms with van der Waals surface area (Å²) in [6, 6.07) is 0. The molecule has 1 aliphatic rings. The Morgan fingerprint density at radius 3 is 2.80 bits per heavy atom. The molecule has 0 aromatic rings. The summed E-state index contributed by atoms with van der Waals surface area (Å²) in [5.74, 6) is 0.790. The predicted molar refractivity (Wildman–Crippen MR) is 42.7 cm³/mol. The van der Waals surface area contributed by atoms with E-state index in [1.54, 1.807) is 0 Å². The lowest BCUT2D eigenvalue weighted by Crippen LogP contribution is -2.19. The van der Waals surface area contributed by atoms with Gasteiger partial charge in [0.25, 0.3) is 0 Å². The normalized spacial score (nSPS) is 40.9. The van der Waals surface area contributed by atoms with E-state index in [0.29, 0.717) is 5.92 Å². The van der Waals surface area contributed by atoms with Crippen molar-refractivity contribution in [3.63, 3.8) is 0 Å². The topological polar surface area (TPSA) is 20.2 Å². The molecular formula is C9H16O. The maximum atomic E-state index is 9.79. The Morgan fingerprint density at radius 1 is 1.90 bits per heavy atom. The van der Waals surface area contributed by atoms with Gasteiger partial charge in [-0.05, 0) is 12.3 Å². The highest BCUT2D eigenvalue weighted by Crippen LogP contribution is 2.50. The first-order valence-electron chi connectivity index (χ1n) is 4.00. The molecule has 1 aliphatic carbocycles. The highest BCUT2D eigenvalue weighted by atomic mass is 16.3. The molecule has 0 aromatic heterocycles. The Hall–Kier alpha value is -0.300. The number of rotatable bonds is 3. The molecule has 1 N–H and O–H groups in total. The van der Waals surface area contributed by atoms with Crippen LogP contribution in [0.1, 0.15) is 26.7 Å². The lowest BCUT2D eigenvalue weighted by molar-refractivity contribution is 0.0931. The summed E-state index contributed by atoms with van der Waals surface area (Å²) in [7, 11) is 0. The molecule has 1 heteroatoms. The quantitative estimate of drug-likeness (QED) is 0.594. The molecule has 10 heavy (non-hydrogen) atoms. The summed E-state index contributed by atoms with van der Waals surface area (Å²) in [6.45, 7) is 7.83. The Labute approximate surface area is 62.8 Å². The molecule has 0 spiro atoms. The third kappa shape index (κ3) is 0.988. The number of hydrogen-bond acceptors (Lipinski definition) is 1. The molecule has 1 nitrogen and oxygen atoms in total. The molecule has 1 unspecified atom stereocenters. The van der Waals surface area contributed by atoms with E-state index in [0.717, 1.165) is 12.8 Å². The Bertz CT molecular complexity index is 142. The lowest BCUT2D eigenvalue weighted by atomic mass is 10.00. The molecule has 3 atom stereocenters. The van der Waals surface area contributed by atoms with Crippen molar-refractivity contribution in [3.05, 3.63) is 12.7 Å². The van der Waals surface area contributed by atoms with Crippen molar-refractivity contribution < 1.29 is 5.11 Å². The fraction of sp³-hybridized carbons (Fsp3) is 0.778. The molecule has 0 heterocycles. The van der Waals surface area contributed by atoms with Gasteiger partial charge in [-0.15, -0.1) is 6.58 Å². The largest absolute Gasteiger partial charge is 0.389 e. The van der Waals surface area contributed by atoms with E-state index in [1.807, 2.05) is 13.0 Å². The van der Waals surface area contributed by atoms with Crippen LogP contribution < -0.4 is 0 Å². The van der Waals surface area contributed by atoms with Gasteiger partial charge in [0.2, 0.25) is 0 Å². The van der Waals surface area contributed by atoms with Gasteiger partial charge in [0.05, 0.1) is 5.60 Å². The molecule has 1 rings (SSSR count). The van der Waals surface area contributed by atoms with Crippen LogP contribution in [0, 0.1) is 11.8 Å². The molecule has 0 amide bonds. The van der Waals surface area contributed by atoms with E-state index in [4.69, 9.17) is 0 Å². The van der Waals surface area contributed by atoms with Crippen molar-refractivity contribution >= 4 is 0 Å². The zero-order valence-corrected chi connectivity index (χ0v) is 6.80. The summed E-state index contributed by atoms with van der Waals surface area (Å²) in [5.41, 5.74) is -0.392. The molecule has 0 radical (unpaired) electrons. The van der Waals surface area contributed by atoms with Crippen LogP contribution in [0.15, 0.2) is 12.7 Å². The van der Waals surface area contributed by atoms with Crippen LogP contribution in [0.4, 0.5) is 0 Å². The van der Waals surface area contributed by atoms with Crippen molar-refractivity contribution in [1.29, 1.82) is 0 Å². The molecule has 1 saturated carbocycles. The molecule has 1 fully saturated rings. The Kier molecular flexibility index (Phi) is 1.86. The fourth-order valence-corrected chi connectivity index (χ4v) is 1.60. The standard InChI is InChI=1S/C9H16O/c1-4-7(3)9(10)6-8(9)5-2/h4,7-8,10H,1,5-6H2,2-3H3/t7?,8-,9+/m0/s1. The summed E-state index contributed by atoms with van der Waals surface area (Å²) >= 11 is 0. The van der Waals surface area contributed by atoms with Gasteiger partial charge in [0.15, 0.2) is 0 Å². The van der Waals surface area contributed by atoms with Crippen LogP contribution in [0.3, 0.4) is 0 Å². The molecule has 0 aromatic carbocycles. The van der Waals surface area contributed by atoms with E-state index in [1.165, 1.54) is 0 Å². The van der Waals surface area contributed by atoms with Crippen LogP contribution in [-0.4, -0.2) is 10.7 Å². The summed E-state index contributed by atoms with van der Waals surface area (Å²) in [5, 5.41) is 9.79. The van der Waals surface area contributed by atoms with E-state index >= 15 is 0 Å². The highest BCUT2D eigenvalue weighted by Gasteiger charge is 2.53. The summed E-state index contributed by atoms with van der Waals surface area (Å²) < 4.78 is 0. The molecule has 0 bridgehead atoms. The van der Waals surface area contributed by atoms with Crippen LogP contribution in [-0.2, 0) is 0 Å². The molecule has 0 aliphatic heterocycles. The SMILES string of the molecule is C=CC(C)[C@]1(O)C[C@@H]1CC. The lowest BCUT2D eigenvalue weighted by Gasteiger charge is -2.14. The second-order valence-electron chi connectivity index (χ2n) is 3.32. The Morgan fingerprint density at radius 2 is 2.50 bits per heavy atom. The van der Waals surface area contributed by atoms with Crippen molar-refractivity contribution in [3.8, 4) is 0 Å². The monoisotopic (exact) mass is 140 g/mol. The van der Waals surface area contributed by atoms with E-state index < -0.39 is 5.60 Å². The van der Waals surface area contributed by atoms with Gasteiger partial charge in [-0.2, -0.15) is 0 Å². The second kappa shape index (κ2) is 2.39. The molecular weight excluding hydrogens is 124 g/mol. The smallest absolute Gasteiger partial charge is 0.0739 e. The van der Waals surface area contributed by atoms with Crippen molar-refractivity contribution in [2.75, 3.05) is 0 Å². The first-order valence-corrected chi connectivity index (χ1v) is 4.00. The minimum Gasteiger partial charge on any atom is -0.389 e. The van der Waals surface area contributed by atoms with E-state index in [-0.39, 0.29) is 5.92 Å².